The van der Waals surface area contributed by atoms with Crippen LogP contribution in [0.1, 0.15) is 19.8 Å². The first kappa shape index (κ1) is 18.4. The van der Waals surface area contributed by atoms with Crippen molar-refractivity contribution in [2.24, 2.45) is 17.2 Å². The van der Waals surface area contributed by atoms with Crippen molar-refractivity contribution in [2.45, 2.75) is 31.1 Å². The third kappa shape index (κ3) is 2.84. The average Bonchev–Trinajstić information content (AvgIpc) is 3.03. The van der Waals surface area contributed by atoms with Crippen LogP contribution in [-0.2, 0) is 14.4 Å². The number of amides is 2. The average molecular weight is 353 g/mol. The van der Waals surface area contributed by atoms with Crippen LogP contribution in [0.25, 0.3) is 0 Å². The van der Waals surface area contributed by atoms with Gasteiger partial charge in [-0.2, -0.15) is 0 Å². The first-order chi connectivity index (χ1) is 11.6. The molecule has 0 radical (unpaired) electrons. The Kier molecular flexibility index (Phi) is 4.57. The van der Waals surface area contributed by atoms with Gasteiger partial charge in [-0.1, -0.05) is 13.3 Å². The van der Waals surface area contributed by atoms with Crippen molar-refractivity contribution in [1.82, 2.24) is 9.63 Å². The lowest BCUT2D eigenvalue weighted by Crippen LogP contribution is -2.82. The number of hydrogen-bond acceptors (Lipinski definition) is 9. The van der Waals surface area contributed by atoms with Gasteiger partial charge in [-0.3, -0.25) is 14.5 Å². The van der Waals surface area contributed by atoms with Gasteiger partial charge in [-0.05, 0) is 6.42 Å². The topological polar surface area (TPSA) is 187 Å². The minimum atomic E-state index is -2.54. The highest BCUT2D eigenvalue weighted by atomic mass is 16.7. The molecule has 11 heteroatoms. The Morgan fingerprint density at radius 2 is 1.60 bits per heavy atom. The third-order valence-electron chi connectivity index (χ3n) is 3.87. The molecule has 2 heterocycles. The summed E-state index contributed by atoms with van der Waals surface area (Å²) >= 11 is 0. The number of aromatic nitrogens is 1. The maximum atomic E-state index is 12.5. The molecule has 25 heavy (non-hydrogen) atoms. The maximum Gasteiger partial charge on any atom is 0.371 e. The zero-order valence-corrected chi connectivity index (χ0v) is 13.4. The molecule has 136 valence electrons. The normalized spacial score (nSPS) is 17.0. The van der Waals surface area contributed by atoms with Gasteiger partial charge in [0.1, 0.15) is 5.66 Å². The summed E-state index contributed by atoms with van der Waals surface area (Å²) in [7, 11) is 0. The molecule has 2 amide bonds. The molecule has 11 nitrogen and oxygen atoms in total. The zero-order chi connectivity index (χ0) is 19.0. The third-order valence-corrected chi connectivity index (χ3v) is 3.87. The van der Waals surface area contributed by atoms with E-state index >= 15 is 0 Å². The lowest BCUT2D eigenvalue weighted by Gasteiger charge is -2.45. The summed E-state index contributed by atoms with van der Waals surface area (Å²) in [5.74, 6) is -4.14. The summed E-state index contributed by atoms with van der Waals surface area (Å²) in [6.45, 7) is 1.69. The van der Waals surface area contributed by atoms with Crippen LogP contribution in [0.5, 0.6) is 11.8 Å². The van der Waals surface area contributed by atoms with E-state index in [2.05, 4.69) is 0 Å². The Labute approximate surface area is 142 Å². The summed E-state index contributed by atoms with van der Waals surface area (Å²) in [5, 5.41) is 19.1. The molecule has 1 atom stereocenters. The van der Waals surface area contributed by atoms with Crippen LogP contribution in [0.2, 0.25) is 0 Å². The number of carbonyl (C=O) groups excluding carboxylic acids is 3. The minimum absolute atomic E-state index is 0.0993. The Bertz CT molecular complexity index is 717. The van der Waals surface area contributed by atoms with Crippen molar-refractivity contribution >= 4 is 17.8 Å². The summed E-state index contributed by atoms with van der Waals surface area (Å²) in [5.41, 5.74) is 13.2. The van der Waals surface area contributed by atoms with Crippen molar-refractivity contribution in [3.05, 3.63) is 24.3 Å². The van der Waals surface area contributed by atoms with E-state index in [1.54, 1.807) is 6.92 Å². The van der Waals surface area contributed by atoms with Crippen LogP contribution in [0.15, 0.2) is 24.3 Å². The van der Waals surface area contributed by atoms with Gasteiger partial charge in [0.15, 0.2) is 0 Å². The maximum absolute atomic E-state index is 12.5. The lowest BCUT2D eigenvalue weighted by molar-refractivity contribution is -0.164. The second kappa shape index (κ2) is 6.20. The van der Waals surface area contributed by atoms with Gasteiger partial charge < -0.3 is 32.3 Å². The van der Waals surface area contributed by atoms with E-state index in [0.29, 0.717) is 16.1 Å². The number of nitrogens with zero attached hydrogens (tertiary/aromatic N) is 2. The molecule has 8 N–H and O–H groups in total. The lowest BCUT2D eigenvalue weighted by atomic mass is 9.88. The molecule has 0 saturated carbocycles. The Balaban J connectivity index is 2.40. The van der Waals surface area contributed by atoms with Crippen molar-refractivity contribution in [3.63, 3.8) is 0 Å². The second-order valence-corrected chi connectivity index (χ2v) is 5.61. The van der Waals surface area contributed by atoms with Gasteiger partial charge in [0.05, 0.1) is 0 Å². The van der Waals surface area contributed by atoms with E-state index in [1.807, 2.05) is 0 Å². The minimum Gasteiger partial charge on any atom is -0.492 e. The molecule has 1 unspecified atom stereocenters. The van der Waals surface area contributed by atoms with Crippen molar-refractivity contribution < 1.29 is 29.4 Å². The van der Waals surface area contributed by atoms with Gasteiger partial charge in [0.25, 0.3) is 11.8 Å². The standard InChI is InChI=1S/C14H19N5O6/c1-2-7-13(15,18-8(20)3-4-9(18)21)14(16,17)12(24)25-19-10(22)5-6-11(19)23/h3-6,22-23H,2,7,15-17H2,1H3. The van der Waals surface area contributed by atoms with Gasteiger partial charge in [-0.15, -0.1) is 4.73 Å². The molecule has 0 aromatic carbocycles. The monoisotopic (exact) mass is 353 g/mol. The van der Waals surface area contributed by atoms with Crippen LogP contribution in [0, 0.1) is 0 Å². The van der Waals surface area contributed by atoms with E-state index in [1.165, 1.54) is 0 Å². The quantitative estimate of drug-likeness (QED) is 0.280. The van der Waals surface area contributed by atoms with Gasteiger partial charge in [0, 0.05) is 24.3 Å². The number of imide groups is 1. The number of rotatable bonds is 6. The SMILES string of the molecule is CCCC(N)(N1C(=O)C=CC1=O)C(N)(N)C(=O)On1c(O)ccc1O. The molecule has 1 aliphatic rings. The van der Waals surface area contributed by atoms with Crippen LogP contribution < -0.4 is 22.0 Å². The van der Waals surface area contributed by atoms with Crippen LogP contribution in [0.4, 0.5) is 0 Å². The van der Waals surface area contributed by atoms with E-state index in [4.69, 9.17) is 22.0 Å². The summed E-state index contributed by atoms with van der Waals surface area (Å²) in [6, 6.07) is 2.10. The van der Waals surface area contributed by atoms with Crippen molar-refractivity contribution in [1.29, 1.82) is 0 Å². The molecule has 0 aliphatic carbocycles. The predicted octanol–water partition coefficient (Wildman–Crippen LogP) is -2.15. The van der Waals surface area contributed by atoms with Gasteiger partial charge in [0.2, 0.25) is 17.4 Å². The number of carbonyl (C=O) groups is 3. The molecule has 0 spiro atoms. The van der Waals surface area contributed by atoms with Gasteiger partial charge >= 0.3 is 5.97 Å². The molecule has 2 rings (SSSR count). The number of aromatic hydroxyl groups is 2. The van der Waals surface area contributed by atoms with Gasteiger partial charge in [-0.25, -0.2) is 4.79 Å². The first-order valence-corrected chi connectivity index (χ1v) is 7.31. The van der Waals surface area contributed by atoms with Crippen molar-refractivity contribution in [3.8, 4) is 11.8 Å². The molecule has 1 aliphatic heterocycles. The van der Waals surface area contributed by atoms with E-state index < -0.39 is 40.9 Å². The Morgan fingerprint density at radius 1 is 1.12 bits per heavy atom. The molecule has 0 saturated heterocycles. The Hall–Kier alpha value is -2.89. The Morgan fingerprint density at radius 3 is 2.04 bits per heavy atom. The van der Waals surface area contributed by atoms with E-state index in [-0.39, 0.29) is 6.42 Å². The summed E-state index contributed by atoms with van der Waals surface area (Å²) < 4.78 is 0.370. The number of hydrogen-bond donors (Lipinski definition) is 5. The largest absolute Gasteiger partial charge is 0.492 e. The predicted molar refractivity (Wildman–Crippen MR) is 83.3 cm³/mol. The smallest absolute Gasteiger partial charge is 0.371 e. The molecule has 1 aromatic heterocycles. The zero-order valence-electron chi connectivity index (χ0n) is 13.4. The fourth-order valence-electron chi connectivity index (χ4n) is 2.51. The summed E-state index contributed by atoms with van der Waals surface area (Å²) in [4.78, 5) is 41.8. The highest BCUT2D eigenvalue weighted by molar-refractivity contribution is 6.14. The van der Waals surface area contributed by atoms with E-state index in [9.17, 15) is 24.6 Å². The second-order valence-electron chi connectivity index (χ2n) is 5.61. The number of nitrogens with two attached hydrogens (primary N) is 3. The molecule has 0 bridgehead atoms. The van der Waals surface area contributed by atoms with E-state index in [0.717, 1.165) is 24.3 Å². The van der Waals surface area contributed by atoms with Crippen LogP contribution in [0.3, 0.4) is 0 Å². The fourth-order valence-corrected chi connectivity index (χ4v) is 2.51. The highest BCUT2D eigenvalue weighted by Crippen LogP contribution is 2.28. The molecular weight excluding hydrogens is 334 g/mol. The van der Waals surface area contributed by atoms with Crippen LogP contribution >= 0.6 is 0 Å². The molecule has 0 fully saturated rings. The summed E-state index contributed by atoms with van der Waals surface area (Å²) in [6.07, 6.45) is 2.18. The van der Waals surface area contributed by atoms with Crippen molar-refractivity contribution in [2.75, 3.05) is 0 Å². The molecule has 1 aromatic rings. The van der Waals surface area contributed by atoms with Crippen LogP contribution in [-0.4, -0.2) is 49.0 Å². The molecular formula is C14H19N5O6. The fraction of sp³-hybridized carbons (Fsp3) is 0.357. The first-order valence-electron chi connectivity index (χ1n) is 7.31. The highest BCUT2D eigenvalue weighted by Gasteiger charge is 2.58.